The molecular formula is C25H31NO6. The first-order chi connectivity index (χ1) is 15.4. The monoisotopic (exact) mass is 441 g/mol. The van der Waals surface area contributed by atoms with Crippen LogP contribution in [0.25, 0.3) is 0 Å². The number of carbonyl (C=O) groups excluding carboxylic acids is 2. The van der Waals surface area contributed by atoms with Crippen molar-refractivity contribution in [2.75, 3.05) is 42.0 Å². The van der Waals surface area contributed by atoms with Gasteiger partial charge >= 0.3 is 0 Å². The fourth-order valence-corrected chi connectivity index (χ4v) is 4.08. The quantitative estimate of drug-likeness (QED) is 0.561. The van der Waals surface area contributed by atoms with Crippen molar-refractivity contribution in [2.45, 2.75) is 25.7 Å². The first kappa shape index (κ1) is 23.4. The normalized spacial score (nSPS) is 14.7. The van der Waals surface area contributed by atoms with Gasteiger partial charge in [0.15, 0.2) is 28.8 Å². The standard InChI is InChI=1S/C25H31NO6/c1-26(11-10-16-6-8-20(29-2)21(12-16)30-3)24(27)9-7-17-13-18-14-22(31-4)23(32-5)15-19(18)25(17)28/h6,8,12,14-15,17H,7,9-11,13H2,1-5H3. The second kappa shape index (κ2) is 10.4. The Labute approximate surface area is 189 Å². The van der Waals surface area contributed by atoms with Crippen molar-refractivity contribution in [3.63, 3.8) is 0 Å². The maximum absolute atomic E-state index is 12.8. The van der Waals surface area contributed by atoms with Crippen molar-refractivity contribution in [2.24, 2.45) is 5.92 Å². The number of benzene rings is 2. The van der Waals surface area contributed by atoms with Gasteiger partial charge in [-0.05, 0) is 54.7 Å². The molecule has 1 unspecified atom stereocenters. The molecule has 0 saturated carbocycles. The lowest BCUT2D eigenvalue weighted by Crippen LogP contribution is -2.29. The molecule has 0 aromatic heterocycles. The number of Topliss-reactive ketones (excluding diaryl/α,β-unsaturated/α-hetero) is 1. The van der Waals surface area contributed by atoms with Crippen molar-refractivity contribution in [1.82, 2.24) is 4.90 Å². The molecule has 1 aliphatic rings. The molecule has 2 aromatic rings. The fourth-order valence-electron chi connectivity index (χ4n) is 4.08. The van der Waals surface area contributed by atoms with Gasteiger partial charge in [-0.2, -0.15) is 0 Å². The summed E-state index contributed by atoms with van der Waals surface area (Å²) < 4.78 is 21.3. The fraction of sp³-hybridized carbons (Fsp3) is 0.440. The third kappa shape index (κ3) is 4.98. The molecule has 0 bridgehead atoms. The number of carbonyl (C=O) groups is 2. The average Bonchev–Trinajstić information content (AvgIpc) is 3.13. The van der Waals surface area contributed by atoms with Crippen LogP contribution in [0.3, 0.4) is 0 Å². The largest absolute Gasteiger partial charge is 0.493 e. The van der Waals surface area contributed by atoms with Gasteiger partial charge in [0, 0.05) is 31.5 Å². The van der Waals surface area contributed by atoms with Crippen LogP contribution in [0.2, 0.25) is 0 Å². The van der Waals surface area contributed by atoms with E-state index in [0.29, 0.717) is 60.8 Å². The Morgan fingerprint density at radius 2 is 1.56 bits per heavy atom. The molecule has 0 aliphatic heterocycles. The molecule has 3 rings (SSSR count). The lowest BCUT2D eigenvalue weighted by atomic mass is 9.98. The van der Waals surface area contributed by atoms with Crippen LogP contribution in [0.15, 0.2) is 30.3 Å². The van der Waals surface area contributed by atoms with Gasteiger partial charge in [-0.15, -0.1) is 0 Å². The van der Waals surface area contributed by atoms with Gasteiger partial charge in [-0.1, -0.05) is 6.07 Å². The predicted octanol–water partition coefficient (Wildman–Crippen LogP) is 3.56. The molecule has 7 nitrogen and oxygen atoms in total. The Bertz CT molecular complexity index is 987. The summed E-state index contributed by atoms with van der Waals surface area (Å²) in [6, 6.07) is 9.37. The highest BCUT2D eigenvalue weighted by molar-refractivity contribution is 6.03. The Hall–Kier alpha value is -3.22. The van der Waals surface area contributed by atoms with E-state index >= 15 is 0 Å². The number of ketones is 1. The topological polar surface area (TPSA) is 74.3 Å². The number of hydrogen-bond acceptors (Lipinski definition) is 6. The molecule has 32 heavy (non-hydrogen) atoms. The molecule has 7 heteroatoms. The minimum absolute atomic E-state index is 0.0318. The van der Waals surface area contributed by atoms with E-state index < -0.39 is 0 Å². The van der Waals surface area contributed by atoms with Crippen LogP contribution in [-0.4, -0.2) is 58.6 Å². The summed E-state index contributed by atoms with van der Waals surface area (Å²) in [6.45, 7) is 0.585. The minimum Gasteiger partial charge on any atom is -0.493 e. The van der Waals surface area contributed by atoms with Crippen LogP contribution in [0.4, 0.5) is 0 Å². The molecule has 1 amide bonds. The van der Waals surface area contributed by atoms with Gasteiger partial charge in [-0.25, -0.2) is 0 Å². The zero-order valence-electron chi connectivity index (χ0n) is 19.4. The molecule has 1 atom stereocenters. The van der Waals surface area contributed by atoms with Gasteiger partial charge in [0.2, 0.25) is 5.91 Å². The number of fused-ring (bicyclic) bond motifs is 1. The Kier molecular flexibility index (Phi) is 7.62. The zero-order valence-corrected chi connectivity index (χ0v) is 19.4. The van der Waals surface area contributed by atoms with Crippen LogP contribution < -0.4 is 18.9 Å². The first-order valence-electron chi connectivity index (χ1n) is 10.7. The lowest BCUT2D eigenvalue weighted by Gasteiger charge is -2.18. The van der Waals surface area contributed by atoms with Crippen LogP contribution in [0, 0.1) is 5.92 Å². The second-order valence-electron chi connectivity index (χ2n) is 7.92. The number of hydrogen-bond donors (Lipinski definition) is 0. The van der Waals surface area contributed by atoms with Crippen molar-refractivity contribution in [3.8, 4) is 23.0 Å². The van der Waals surface area contributed by atoms with E-state index in [1.54, 1.807) is 46.5 Å². The molecular weight excluding hydrogens is 410 g/mol. The van der Waals surface area contributed by atoms with Gasteiger partial charge in [-0.3, -0.25) is 9.59 Å². The summed E-state index contributed by atoms with van der Waals surface area (Å²) in [4.78, 5) is 27.2. The van der Waals surface area contributed by atoms with Crippen LogP contribution in [-0.2, 0) is 17.6 Å². The Morgan fingerprint density at radius 1 is 0.938 bits per heavy atom. The minimum atomic E-state index is -0.190. The van der Waals surface area contributed by atoms with Crippen LogP contribution >= 0.6 is 0 Å². The summed E-state index contributed by atoms with van der Waals surface area (Å²) in [5.41, 5.74) is 2.68. The molecule has 0 fully saturated rings. The van der Waals surface area contributed by atoms with E-state index in [4.69, 9.17) is 18.9 Å². The highest BCUT2D eigenvalue weighted by Crippen LogP contribution is 2.38. The third-order valence-corrected chi connectivity index (χ3v) is 6.03. The van der Waals surface area contributed by atoms with Gasteiger partial charge < -0.3 is 23.8 Å². The molecule has 172 valence electrons. The van der Waals surface area contributed by atoms with Crippen LogP contribution in [0.5, 0.6) is 23.0 Å². The smallest absolute Gasteiger partial charge is 0.222 e. The maximum atomic E-state index is 12.8. The number of rotatable bonds is 10. The highest BCUT2D eigenvalue weighted by atomic mass is 16.5. The molecule has 0 radical (unpaired) electrons. The van der Waals surface area contributed by atoms with Gasteiger partial charge in [0.05, 0.1) is 28.4 Å². The number of likely N-dealkylation sites (N-methyl/N-ethyl adjacent to an activating group) is 1. The highest BCUT2D eigenvalue weighted by Gasteiger charge is 2.32. The van der Waals surface area contributed by atoms with E-state index in [1.165, 1.54) is 0 Å². The Morgan fingerprint density at radius 3 is 2.22 bits per heavy atom. The summed E-state index contributed by atoms with van der Waals surface area (Å²) >= 11 is 0. The summed E-state index contributed by atoms with van der Waals surface area (Å²) in [5.74, 6) is 2.43. The van der Waals surface area contributed by atoms with E-state index in [0.717, 1.165) is 11.1 Å². The number of ether oxygens (including phenoxy) is 4. The van der Waals surface area contributed by atoms with Crippen molar-refractivity contribution < 1.29 is 28.5 Å². The average molecular weight is 442 g/mol. The van der Waals surface area contributed by atoms with Crippen LogP contribution in [0.1, 0.15) is 34.3 Å². The van der Waals surface area contributed by atoms with Gasteiger partial charge in [0.25, 0.3) is 0 Å². The number of amides is 1. The third-order valence-electron chi connectivity index (χ3n) is 6.03. The number of nitrogens with zero attached hydrogens (tertiary/aromatic N) is 1. The maximum Gasteiger partial charge on any atom is 0.222 e. The summed E-state index contributed by atoms with van der Waals surface area (Å²) in [6.07, 6.45) is 2.19. The lowest BCUT2D eigenvalue weighted by molar-refractivity contribution is -0.130. The van der Waals surface area contributed by atoms with Gasteiger partial charge in [0.1, 0.15) is 0 Å². The number of methoxy groups -OCH3 is 4. The van der Waals surface area contributed by atoms with E-state index in [2.05, 4.69) is 0 Å². The summed E-state index contributed by atoms with van der Waals surface area (Å²) in [7, 11) is 8.13. The zero-order chi connectivity index (χ0) is 23.3. The van der Waals surface area contributed by atoms with E-state index in [-0.39, 0.29) is 17.6 Å². The molecule has 0 saturated heterocycles. The molecule has 0 heterocycles. The van der Waals surface area contributed by atoms with Crippen molar-refractivity contribution >= 4 is 11.7 Å². The molecule has 2 aromatic carbocycles. The SMILES string of the molecule is COc1ccc(CCN(C)C(=O)CCC2Cc3cc(OC)c(OC)cc3C2=O)cc1OC. The van der Waals surface area contributed by atoms with E-state index in [1.807, 2.05) is 24.3 Å². The molecule has 1 aliphatic carbocycles. The predicted molar refractivity (Wildman–Crippen MR) is 121 cm³/mol. The van der Waals surface area contributed by atoms with E-state index in [9.17, 15) is 9.59 Å². The molecule has 0 N–H and O–H groups in total. The summed E-state index contributed by atoms with van der Waals surface area (Å²) in [5, 5.41) is 0. The first-order valence-corrected chi connectivity index (χ1v) is 10.7. The Balaban J connectivity index is 1.53. The van der Waals surface area contributed by atoms with Crippen molar-refractivity contribution in [3.05, 3.63) is 47.0 Å². The second-order valence-corrected chi connectivity index (χ2v) is 7.92. The molecule has 0 spiro atoms. The van der Waals surface area contributed by atoms with Crippen molar-refractivity contribution in [1.29, 1.82) is 0 Å².